The first-order chi connectivity index (χ1) is 6.15. The fourth-order valence-electron chi connectivity index (χ4n) is 1.02. The Bertz CT molecular complexity index is 294. The summed E-state index contributed by atoms with van der Waals surface area (Å²) in [6, 6.07) is -0.108. The first-order valence-corrected chi connectivity index (χ1v) is 4.04. The normalized spacial score (nSPS) is 9.77. The van der Waals surface area contributed by atoms with Crippen molar-refractivity contribution in [2.45, 2.75) is 6.54 Å². The number of hydrogen-bond donors (Lipinski definition) is 1. The van der Waals surface area contributed by atoms with E-state index in [1.807, 2.05) is 17.8 Å². The van der Waals surface area contributed by atoms with Gasteiger partial charge < -0.3 is 14.8 Å². The van der Waals surface area contributed by atoms with E-state index in [9.17, 15) is 4.79 Å². The summed E-state index contributed by atoms with van der Waals surface area (Å²) in [7, 11) is 5.24. The predicted octanol–water partition coefficient (Wildman–Crippen LogP) is 0.191. The van der Waals surface area contributed by atoms with Crippen molar-refractivity contribution in [2.75, 3.05) is 14.1 Å². The number of urea groups is 1. The number of rotatable bonds is 2. The largest absolute Gasteiger partial charge is 0.341 e. The van der Waals surface area contributed by atoms with E-state index >= 15 is 0 Å². The third-order valence-electron chi connectivity index (χ3n) is 1.86. The highest BCUT2D eigenvalue weighted by atomic mass is 16.2. The van der Waals surface area contributed by atoms with Gasteiger partial charge in [0.2, 0.25) is 0 Å². The Morgan fingerprint density at radius 1 is 1.77 bits per heavy atom. The molecule has 5 nitrogen and oxygen atoms in total. The zero-order valence-corrected chi connectivity index (χ0v) is 8.11. The highest BCUT2D eigenvalue weighted by molar-refractivity contribution is 5.73. The number of aromatic nitrogens is 2. The summed E-state index contributed by atoms with van der Waals surface area (Å²) in [4.78, 5) is 16.8. The van der Waals surface area contributed by atoms with Crippen LogP contribution in [0.3, 0.4) is 0 Å². The van der Waals surface area contributed by atoms with E-state index < -0.39 is 0 Å². The van der Waals surface area contributed by atoms with Crippen LogP contribution >= 0.6 is 0 Å². The van der Waals surface area contributed by atoms with Gasteiger partial charge in [0.05, 0.1) is 6.54 Å². The van der Waals surface area contributed by atoms with Crippen molar-refractivity contribution in [3.05, 3.63) is 18.2 Å². The molecule has 0 bridgehead atoms. The average molecular weight is 182 g/mol. The lowest BCUT2D eigenvalue weighted by Gasteiger charge is -2.15. The van der Waals surface area contributed by atoms with Crippen molar-refractivity contribution in [3.63, 3.8) is 0 Å². The summed E-state index contributed by atoms with van der Waals surface area (Å²) in [6.45, 7) is 0.517. The molecule has 1 aromatic heterocycles. The lowest BCUT2D eigenvalue weighted by molar-refractivity contribution is 0.207. The molecule has 5 heteroatoms. The van der Waals surface area contributed by atoms with Gasteiger partial charge >= 0.3 is 6.03 Å². The third-order valence-corrected chi connectivity index (χ3v) is 1.86. The molecule has 2 amide bonds. The number of amides is 2. The van der Waals surface area contributed by atoms with Crippen LogP contribution in [0.4, 0.5) is 4.79 Å². The zero-order chi connectivity index (χ0) is 9.84. The quantitative estimate of drug-likeness (QED) is 0.710. The first kappa shape index (κ1) is 9.57. The highest BCUT2D eigenvalue weighted by Gasteiger charge is 2.08. The number of carbonyl (C=O) groups excluding carboxylic acids is 1. The maximum absolute atomic E-state index is 11.1. The molecule has 0 atom stereocenters. The van der Waals surface area contributed by atoms with Crippen LogP contribution in [-0.2, 0) is 13.6 Å². The lowest BCUT2D eigenvalue weighted by atomic mass is 10.5. The molecule has 0 aliphatic carbocycles. The van der Waals surface area contributed by atoms with Gasteiger partial charge in [-0.15, -0.1) is 0 Å². The Morgan fingerprint density at radius 2 is 2.46 bits per heavy atom. The van der Waals surface area contributed by atoms with Crippen LogP contribution in [-0.4, -0.2) is 34.6 Å². The van der Waals surface area contributed by atoms with Crippen molar-refractivity contribution in [1.82, 2.24) is 19.8 Å². The molecule has 72 valence electrons. The maximum Gasteiger partial charge on any atom is 0.317 e. The average Bonchev–Trinajstić information content (AvgIpc) is 2.50. The second-order valence-corrected chi connectivity index (χ2v) is 2.87. The number of aryl methyl sites for hydroxylation is 1. The summed E-state index contributed by atoms with van der Waals surface area (Å²) >= 11 is 0. The van der Waals surface area contributed by atoms with E-state index in [-0.39, 0.29) is 6.03 Å². The molecule has 0 fully saturated rings. The maximum atomic E-state index is 11.1. The van der Waals surface area contributed by atoms with Crippen LogP contribution in [0.15, 0.2) is 12.4 Å². The summed E-state index contributed by atoms with van der Waals surface area (Å²) in [5.41, 5.74) is 0. The van der Waals surface area contributed by atoms with Crippen LogP contribution in [0.25, 0.3) is 0 Å². The van der Waals surface area contributed by atoms with Crippen molar-refractivity contribution >= 4 is 6.03 Å². The number of imidazole rings is 1. The van der Waals surface area contributed by atoms with Gasteiger partial charge in [-0.05, 0) is 0 Å². The van der Waals surface area contributed by atoms with E-state index in [1.54, 1.807) is 25.2 Å². The van der Waals surface area contributed by atoms with Gasteiger partial charge in [-0.1, -0.05) is 0 Å². The standard InChI is InChI=1S/C8H14N4O/c1-9-8(13)12(3)6-7-10-4-5-11(7)2/h4-5H,6H2,1-3H3,(H,9,13). The molecule has 1 aromatic rings. The van der Waals surface area contributed by atoms with Gasteiger partial charge in [-0.3, -0.25) is 0 Å². The fourth-order valence-corrected chi connectivity index (χ4v) is 1.02. The molecule has 1 N–H and O–H groups in total. The van der Waals surface area contributed by atoms with Crippen LogP contribution in [0.2, 0.25) is 0 Å². The van der Waals surface area contributed by atoms with Crippen molar-refractivity contribution in [3.8, 4) is 0 Å². The lowest BCUT2D eigenvalue weighted by Crippen LogP contribution is -2.34. The molecule has 13 heavy (non-hydrogen) atoms. The molecule has 1 heterocycles. The summed E-state index contributed by atoms with van der Waals surface area (Å²) < 4.78 is 1.89. The molecule has 0 spiro atoms. The minimum absolute atomic E-state index is 0.108. The fraction of sp³-hybridized carbons (Fsp3) is 0.500. The highest BCUT2D eigenvalue weighted by Crippen LogP contribution is 1.98. The molecule has 0 saturated carbocycles. The van der Waals surface area contributed by atoms with Gasteiger partial charge in [0.25, 0.3) is 0 Å². The second kappa shape index (κ2) is 3.93. The Balaban J connectivity index is 2.59. The van der Waals surface area contributed by atoms with E-state index in [4.69, 9.17) is 0 Å². The van der Waals surface area contributed by atoms with E-state index in [2.05, 4.69) is 10.3 Å². The summed E-state index contributed by atoms with van der Waals surface area (Å²) in [5, 5.41) is 2.55. The third kappa shape index (κ3) is 2.21. The number of hydrogen-bond acceptors (Lipinski definition) is 2. The first-order valence-electron chi connectivity index (χ1n) is 4.04. The molecule has 0 saturated heterocycles. The van der Waals surface area contributed by atoms with Crippen LogP contribution in [0.1, 0.15) is 5.82 Å². The smallest absolute Gasteiger partial charge is 0.317 e. The van der Waals surface area contributed by atoms with Gasteiger partial charge in [0.1, 0.15) is 5.82 Å². The molecular weight excluding hydrogens is 168 g/mol. The SMILES string of the molecule is CNC(=O)N(C)Cc1nccn1C. The topological polar surface area (TPSA) is 50.2 Å². The molecule has 0 aromatic carbocycles. The number of nitrogens with zero attached hydrogens (tertiary/aromatic N) is 3. The van der Waals surface area contributed by atoms with E-state index in [1.165, 1.54) is 0 Å². The minimum Gasteiger partial charge on any atom is -0.341 e. The Morgan fingerprint density at radius 3 is 2.92 bits per heavy atom. The Hall–Kier alpha value is -1.52. The predicted molar refractivity (Wildman–Crippen MR) is 49.1 cm³/mol. The van der Waals surface area contributed by atoms with Crippen molar-refractivity contribution in [1.29, 1.82) is 0 Å². The van der Waals surface area contributed by atoms with Gasteiger partial charge in [-0.25, -0.2) is 9.78 Å². The number of nitrogens with one attached hydrogen (secondary N) is 1. The molecule has 0 radical (unpaired) electrons. The van der Waals surface area contributed by atoms with Gasteiger partial charge in [0, 0.05) is 33.5 Å². The number of carbonyl (C=O) groups is 1. The monoisotopic (exact) mass is 182 g/mol. The van der Waals surface area contributed by atoms with Crippen LogP contribution in [0, 0.1) is 0 Å². The van der Waals surface area contributed by atoms with Gasteiger partial charge in [-0.2, -0.15) is 0 Å². The minimum atomic E-state index is -0.108. The zero-order valence-electron chi connectivity index (χ0n) is 8.11. The Labute approximate surface area is 77.4 Å². The van der Waals surface area contributed by atoms with E-state index in [0.29, 0.717) is 6.54 Å². The molecule has 0 unspecified atom stereocenters. The van der Waals surface area contributed by atoms with Gasteiger partial charge in [0.15, 0.2) is 0 Å². The Kier molecular flexibility index (Phi) is 2.89. The second-order valence-electron chi connectivity index (χ2n) is 2.87. The summed E-state index contributed by atoms with van der Waals surface area (Å²) in [6.07, 6.45) is 3.57. The van der Waals surface area contributed by atoms with Crippen molar-refractivity contribution < 1.29 is 4.79 Å². The van der Waals surface area contributed by atoms with Crippen LogP contribution in [0.5, 0.6) is 0 Å². The van der Waals surface area contributed by atoms with E-state index in [0.717, 1.165) is 5.82 Å². The molecule has 0 aliphatic heterocycles. The summed E-state index contributed by atoms with van der Waals surface area (Å²) in [5.74, 6) is 0.867. The molecular formula is C8H14N4O. The molecule has 0 aliphatic rings. The van der Waals surface area contributed by atoms with Crippen LogP contribution < -0.4 is 5.32 Å². The van der Waals surface area contributed by atoms with Crippen molar-refractivity contribution in [2.24, 2.45) is 7.05 Å². The molecule has 1 rings (SSSR count).